The zero-order chi connectivity index (χ0) is 20.7. The standard InChI is InChI=1S/C23H21Cl2N3O2/c24-18-7-6-17(14-19(18)25)27-10-12-28(13-11-27)22(29)23(8-9-23)21-15-20(30-26-21)16-4-2-1-3-5-16/h1-7,14-15H,8-13H2. The molecule has 1 saturated heterocycles. The largest absolute Gasteiger partial charge is 0.368 e. The highest BCUT2D eigenvalue weighted by Crippen LogP contribution is 2.50. The van der Waals surface area contributed by atoms with Crippen LogP contribution in [0.1, 0.15) is 18.5 Å². The van der Waals surface area contributed by atoms with E-state index in [9.17, 15) is 4.79 Å². The molecule has 0 atom stereocenters. The van der Waals surface area contributed by atoms with Crippen LogP contribution in [0.5, 0.6) is 0 Å². The second-order valence-electron chi connectivity index (χ2n) is 7.90. The maximum absolute atomic E-state index is 13.4. The lowest BCUT2D eigenvalue weighted by Crippen LogP contribution is -2.51. The van der Waals surface area contributed by atoms with Crippen molar-refractivity contribution in [1.82, 2.24) is 10.1 Å². The first-order chi connectivity index (χ1) is 14.6. The van der Waals surface area contributed by atoms with Crippen molar-refractivity contribution in [2.75, 3.05) is 31.1 Å². The molecule has 1 amide bonds. The Bertz CT molecular complexity index is 1070. The van der Waals surface area contributed by atoms with Gasteiger partial charge >= 0.3 is 0 Å². The third-order valence-electron chi connectivity index (χ3n) is 6.05. The van der Waals surface area contributed by atoms with Crippen molar-refractivity contribution < 1.29 is 9.32 Å². The van der Waals surface area contributed by atoms with Gasteiger partial charge in [-0.05, 0) is 31.0 Å². The van der Waals surface area contributed by atoms with E-state index in [1.54, 1.807) is 0 Å². The fourth-order valence-electron chi connectivity index (χ4n) is 4.10. The van der Waals surface area contributed by atoms with Gasteiger partial charge in [-0.1, -0.05) is 58.7 Å². The molecule has 1 saturated carbocycles. The lowest BCUT2D eigenvalue weighted by molar-refractivity contribution is -0.134. The van der Waals surface area contributed by atoms with Gasteiger partial charge in [-0.15, -0.1) is 0 Å². The minimum atomic E-state index is -0.526. The Balaban J connectivity index is 1.28. The molecule has 0 unspecified atom stereocenters. The average molecular weight is 442 g/mol. The fourth-order valence-corrected chi connectivity index (χ4v) is 4.39. The van der Waals surface area contributed by atoms with Crippen LogP contribution in [0.25, 0.3) is 11.3 Å². The first-order valence-corrected chi connectivity index (χ1v) is 10.8. The number of carbonyl (C=O) groups is 1. The van der Waals surface area contributed by atoms with E-state index in [0.29, 0.717) is 28.9 Å². The number of benzene rings is 2. The third-order valence-corrected chi connectivity index (χ3v) is 6.79. The van der Waals surface area contributed by atoms with Gasteiger partial charge in [0.15, 0.2) is 5.76 Å². The van der Waals surface area contributed by atoms with E-state index >= 15 is 0 Å². The maximum Gasteiger partial charge on any atom is 0.235 e. The van der Waals surface area contributed by atoms with Crippen molar-refractivity contribution in [1.29, 1.82) is 0 Å². The van der Waals surface area contributed by atoms with E-state index in [4.69, 9.17) is 27.7 Å². The molecular weight excluding hydrogens is 421 g/mol. The van der Waals surface area contributed by atoms with Gasteiger partial charge in [-0.3, -0.25) is 4.79 Å². The Kier molecular flexibility index (Phi) is 4.95. The minimum Gasteiger partial charge on any atom is -0.368 e. The predicted octanol–water partition coefficient (Wildman–Crippen LogP) is 5.03. The summed E-state index contributed by atoms with van der Waals surface area (Å²) < 4.78 is 5.56. The van der Waals surface area contributed by atoms with E-state index in [1.807, 2.05) is 59.5 Å². The first kappa shape index (κ1) is 19.5. The number of halogens is 2. The molecule has 0 bridgehead atoms. The van der Waals surface area contributed by atoms with E-state index in [0.717, 1.165) is 42.9 Å². The first-order valence-electron chi connectivity index (χ1n) is 10.1. The van der Waals surface area contributed by atoms with Crippen molar-refractivity contribution in [3.05, 3.63) is 70.3 Å². The van der Waals surface area contributed by atoms with E-state index in [-0.39, 0.29) is 5.91 Å². The van der Waals surface area contributed by atoms with Crippen molar-refractivity contribution in [2.24, 2.45) is 0 Å². The van der Waals surface area contributed by atoms with Crippen LogP contribution in [-0.4, -0.2) is 42.1 Å². The number of nitrogens with zero attached hydrogens (tertiary/aromatic N) is 3. The highest BCUT2D eigenvalue weighted by molar-refractivity contribution is 6.42. The van der Waals surface area contributed by atoms with Gasteiger partial charge in [0, 0.05) is 43.5 Å². The SMILES string of the molecule is O=C(N1CCN(c2ccc(Cl)c(Cl)c2)CC1)C1(c2cc(-c3ccccc3)on2)CC1. The molecule has 0 N–H and O–H groups in total. The highest BCUT2D eigenvalue weighted by Gasteiger charge is 2.55. The number of anilines is 1. The van der Waals surface area contributed by atoms with Crippen molar-refractivity contribution >= 4 is 34.8 Å². The Morgan fingerprint density at radius 3 is 2.33 bits per heavy atom. The van der Waals surface area contributed by atoms with Crippen LogP contribution < -0.4 is 4.90 Å². The molecule has 0 spiro atoms. The third kappa shape index (κ3) is 3.46. The summed E-state index contributed by atoms with van der Waals surface area (Å²) in [5, 5.41) is 5.36. The Hall–Kier alpha value is -2.50. The summed E-state index contributed by atoms with van der Waals surface area (Å²) in [5.74, 6) is 0.860. The number of piperazine rings is 1. The van der Waals surface area contributed by atoms with E-state index in [2.05, 4.69) is 10.1 Å². The molecule has 154 valence electrons. The number of rotatable bonds is 4. The van der Waals surface area contributed by atoms with Crippen molar-refractivity contribution in [3.8, 4) is 11.3 Å². The monoisotopic (exact) mass is 441 g/mol. The predicted molar refractivity (Wildman–Crippen MR) is 118 cm³/mol. The van der Waals surface area contributed by atoms with Crippen LogP contribution >= 0.6 is 23.2 Å². The lowest BCUT2D eigenvalue weighted by atomic mass is 9.99. The summed E-state index contributed by atoms with van der Waals surface area (Å²) in [6.45, 7) is 2.86. The fraction of sp³-hybridized carbons (Fsp3) is 0.304. The van der Waals surface area contributed by atoms with E-state index < -0.39 is 5.41 Å². The molecular formula is C23H21Cl2N3O2. The molecule has 2 aromatic carbocycles. The average Bonchev–Trinajstić information content (AvgIpc) is 3.45. The minimum absolute atomic E-state index is 0.157. The zero-order valence-corrected chi connectivity index (χ0v) is 17.9. The Morgan fingerprint density at radius 1 is 0.933 bits per heavy atom. The number of aromatic nitrogens is 1. The van der Waals surface area contributed by atoms with Crippen LogP contribution in [0.3, 0.4) is 0 Å². The van der Waals surface area contributed by atoms with Gasteiger partial charge in [-0.25, -0.2) is 0 Å². The summed E-state index contributed by atoms with van der Waals surface area (Å²) in [6.07, 6.45) is 1.64. The smallest absolute Gasteiger partial charge is 0.235 e. The van der Waals surface area contributed by atoms with Crippen LogP contribution in [0.4, 0.5) is 5.69 Å². The summed E-state index contributed by atoms with van der Waals surface area (Å²) >= 11 is 12.2. The molecule has 2 heterocycles. The van der Waals surface area contributed by atoms with Gasteiger partial charge in [0.1, 0.15) is 0 Å². The van der Waals surface area contributed by atoms with Crippen LogP contribution in [-0.2, 0) is 10.2 Å². The van der Waals surface area contributed by atoms with Gasteiger partial charge in [0.2, 0.25) is 5.91 Å². The molecule has 5 nitrogen and oxygen atoms in total. The molecule has 2 fully saturated rings. The Morgan fingerprint density at radius 2 is 1.67 bits per heavy atom. The van der Waals surface area contributed by atoms with Gasteiger partial charge < -0.3 is 14.3 Å². The summed E-state index contributed by atoms with van der Waals surface area (Å²) in [5.41, 5.74) is 2.22. The van der Waals surface area contributed by atoms with Gasteiger partial charge in [0.25, 0.3) is 0 Å². The molecule has 1 aliphatic heterocycles. The molecule has 1 aliphatic carbocycles. The number of amides is 1. The summed E-state index contributed by atoms with van der Waals surface area (Å²) in [4.78, 5) is 17.5. The van der Waals surface area contributed by atoms with Crippen molar-refractivity contribution in [3.63, 3.8) is 0 Å². The van der Waals surface area contributed by atoms with Gasteiger partial charge in [-0.2, -0.15) is 0 Å². The molecule has 7 heteroatoms. The molecule has 0 radical (unpaired) electrons. The lowest BCUT2D eigenvalue weighted by Gasteiger charge is -2.37. The zero-order valence-electron chi connectivity index (χ0n) is 16.4. The maximum atomic E-state index is 13.4. The number of hydrogen-bond acceptors (Lipinski definition) is 4. The van der Waals surface area contributed by atoms with E-state index in [1.165, 1.54) is 0 Å². The number of carbonyl (C=O) groups excluding carboxylic acids is 1. The topological polar surface area (TPSA) is 49.6 Å². The highest BCUT2D eigenvalue weighted by atomic mass is 35.5. The van der Waals surface area contributed by atoms with Crippen LogP contribution in [0, 0.1) is 0 Å². The van der Waals surface area contributed by atoms with Crippen LogP contribution in [0.2, 0.25) is 10.0 Å². The number of hydrogen-bond donors (Lipinski definition) is 0. The van der Waals surface area contributed by atoms with Gasteiger partial charge in [0.05, 0.1) is 21.2 Å². The Labute approximate surface area is 185 Å². The molecule has 5 rings (SSSR count). The summed E-state index contributed by atoms with van der Waals surface area (Å²) in [6, 6.07) is 17.4. The van der Waals surface area contributed by atoms with Crippen LogP contribution in [0.15, 0.2) is 59.1 Å². The second-order valence-corrected chi connectivity index (χ2v) is 8.72. The second kappa shape index (κ2) is 7.64. The molecule has 1 aromatic heterocycles. The summed E-state index contributed by atoms with van der Waals surface area (Å²) in [7, 11) is 0. The molecule has 30 heavy (non-hydrogen) atoms. The normalized spacial score (nSPS) is 17.8. The van der Waals surface area contributed by atoms with Crippen molar-refractivity contribution in [2.45, 2.75) is 18.3 Å². The molecule has 3 aromatic rings. The quantitative estimate of drug-likeness (QED) is 0.569. The molecule has 2 aliphatic rings.